The molecule has 3 fully saturated rings. The van der Waals surface area contributed by atoms with Crippen molar-refractivity contribution < 1.29 is 56.3 Å². The van der Waals surface area contributed by atoms with Crippen LogP contribution in [0, 0.1) is 11.1 Å². The molecule has 0 aliphatic carbocycles. The summed E-state index contributed by atoms with van der Waals surface area (Å²) in [6.07, 6.45) is -1.61. The van der Waals surface area contributed by atoms with Gasteiger partial charge in [-0.25, -0.2) is 14.4 Å². The predicted octanol–water partition coefficient (Wildman–Crippen LogP) is 7.21. The van der Waals surface area contributed by atoms with Crippen molar-refractivity contribution in [3.63, 3.8) is 0 Å². The number of esters is 2. The van der Waals surface area contributed by atoms with Gasteiger partial charge in [0.1, 0.15) is 22.3 Å². The molecule has 0 radical (unpaired) electrons. The molecule has 3 aliphatic heterocycles. The number of carboxylic acids is 1. The van der Waals surface area contributed by atoms with Crippen LogP contribution in [-0.4, -0.2) is 74.0 Å². The van der Waals surface area contributed by atoms with Crippen LogP contribution in [0.3, 0.4) is 0 Å². The Morgan fingerprint density at radius 3 is 2.14 bits per heavy atom. The molecule has 56 heavy (non-hydrogen) atoms. The third-order valence-corrected chi connectivity index (χ3v) is 10.0. The number of anilines is 1. The van der Waals surface area contributed by atoms with E-state index in [1.54, 1.807) is 42.5 Å². The zero-order chi connectivity index (χ0) is 40.6. The molecule has 3 atom stereocenters. The van der Waals surface area contributed by atoms with Crippen LogP contribution in [0.1, 0.15) is 52.0 Å². The Labute approximate surface area is 330 Å². The number of ether oxygens (including phenoxy) is 4. The molecule has 0 unspecified atom stereocenters. The zero-order valence-corrected chi connectivity index (χ0v) is 31.6. The van der Waals surface area contributed by atoms with Crippen LogP contribution in [0.5, 0.6) is 11.5 Å². The van der Waals surface area contributed by atoms with E-state index in [9.17, 15) is 28.0 Å². The van der Waals surface area contributed by atoms with Gasteiger partial charge in [-0.1, -0.05) is 65.7 Å². The van der Waals surface area contributed by atoms with Gasteiger partial charge >= 0.3 is 24.1 Å². The molecule has 3 aromatic carbocycles. The first-order valence-corrected chi connectivity index (χ1v) is 18.1. The highest BCUT2D eigenvalue weighted by atomic mass is 35.5. The Bertz CT molecular complexity index is 1990. The summed E-state index contributed by atoms with van der Waals surface area (Å²) in [7, 11) is 3.03. The number of aromatic nitrogens is 1. The maximum Gasteiger partial charge on any atom is 0.490 e. The lowest BCUT2D eigenvalue weighted by Crippen LogP contribution is -2.52. The Hall–Kier alpha value is -5.25. The molecule has 298 valence electrons. The van der Waals surface area contributed by atoms with Crippen molar-refractivity contribution in [1.82, 2.24) is 4.90 Å². The van der Waals surface area contributed by atoms with Crippen LogP contribution in [0.4, 0.5) is 18.9 Å². The van der Waals surface area contributed by atoms with Gasteiger partial charge in [-0.3, -0.25) is 4.90 Å². The number of carboxylic acid groups (broad SMARTS) is 1. The summed E-state index contributed by atoms with van der Waals surface area (Å²) in [5.74, 6) is -2.46. The number of benzene rings is 3. The molecule has 4 aromatic rings. The number of fused-ring (bicyclic) bond motifs is 3. The number of piperidine rings is 3. The van der Waals surface area contributed by atoms with Gasteiger partial charge in [-0.2, -0.15) is 17.9 Å². The number of pyridine rings is 1. The molecule has 2 bridgehead atoms. The summed E-state index contributed by atoms with van der Waals surface area (Å²) in [5, 5.41) is 22.6. The van der Waals surface area contributed by atoms with Crippen LogP contribution in [0.25, 0.3) is 0 Å². The van der Waals surface area contributed by atoms with Gasteiger partial charge in [0.05, 0.1) is 19.8 Å². The average molecular weight is 821 g/mol. The lowest BCUT2D eigenvalue weighted by atomic mass is 9.86. The first kappa shape index (κ1) is 41.9. The highest BCUT2D eigenvalue weighted by Crippen LogP contribution is 2.36. The van der Waals surface area contributed by atoms with Crippen LogP contribution in [-0.2, 0) is 25.5 Å². The molecule has 3 saturated heterocycles. The van der Waals surface area contributed by atoms with Crippen molar-refractivity contribution in [2.45, 2.75) is 43.7 Å². The topological polar surface area (TPSA) is 151 Å². The molecular formula is C39H38Cl2F3N3O9. The van der Waals surface area contributed by atoms with Crippen molar-refractivity contribution in [2.75, 3.05) is 39.2 Å². The molecule has 12 nitrogen and oxygen atoms in total. The average Bonchev–Trinajstić information content (AvgIpc) is 3.18. The van der Waals surface area contributed by atoms with E-state index < -0.39 is 30.3 Å². The van der Waals surface area contributed by atoms with Crippen molar-refractivity contribution in [2.24, 2.45) is 5.92 Å². The number of methoxy groups -OCH3 is 2. The fourth-order valence-electron chi connectivity index (χ4n) is 6.48. The largest absolute Gasteiger partial charge is 0.619 e. The number of aliphatic carboxylic acids is 1. The molecule has 7 rings (SSSR count). The minimum absolute atomic E-state index is 0.0686. The Morgan fingerprint density at radius 1 is 0.929 bits per heavy atom. The molecule has 17 heteroatoms. The van der Waals surface area contributed by atoms with E-state index in [2.05, 4.69) is 10.2 Å². The normalized spacial score (nSPS) is 18.4. The Balaban J connectivity index is 0.000000784. The Kier molecular flexibility index (Phi) is 13.9. The number of alkyl halides is 3. The maximum atomic E-state index is 13.8. The van der Waals surface area contributed by atoms with Crippen molar-refractivity contribution >= 4 is 46.8 Å². The monoisotopic (exact) mass is 819 g/mol. The van der Waals surface area contributed by atoms with Gasteiger partial charge in [-0.05, 0) is 73.3 Å². The second kappa shape index (κ2) is 18.6. The van der Waals surface area contributed by atoms with E-state index in [4.69, 9.17) is 52.1 Å². The van der Waals surface area contributed by atoms with Crippen LogP contribution >= 0.6 is 23.2 Å². The number of carbonyl (C=O) groups excluding carboxylic acids is 2. The quantitative estimate of drug-likeness (QED) is 0.0848. The second-order valence-electron chi connectivity index (χ2n) is 13.0. The summed E-state index contributed by atoms with van der Waals surface area (Å²) < 4.78 is 55.3. The van der Waals surface area contributed by atoms with Crippen LogP contribution in [0.15, 0.2) is 85.2 Å². The highest BCUT2D eigenvalue weighted by molar-refractivity contribution is 6.35. The van der Waals surface area contributed by atoms with Gasteiger partial charge in [0.25, 0.3) is 0 Å². The number of nitrogens with zero attached hydrogens (tertiary/aromatic N) is 2. The highest BCUT2D eigenvalue weighted by Gasteiger charge is 2.39. The van der Waals surface area contributed by atoms with Gasteiger partial charge < -0.3 is 34.6 Å². The number of rotatable bonds is 12. The van der Waals surface area contributed by atoms with Crippen molar-refractivity contribution in [1.29, 1.82) is 0 Å². The summed E-state index contributed by atoms with van der Waals surface area (Å²) in [4.78, 5) is 38.7. The minimum atomic E-state index is -5.08. The SMILES string of the molecule is COc1ccc([C@H](Cc2c(Cl)c[n+]([O-])cc2Cl)OC(=O)c2cccc(N[C@H](C(=O)O[C@H]3CN4CCC3CC4)c3ccccc3)c2)cc1OC.O=C(O)C(F)(F)F. The fourth-order valence-corrected chi connectivity index (χ4v) is 7.08. The lowest BCUT2D eigenvalue weighted by Gasteiger charge is -2.44. The number of hydrogen-bond acceptors (Lipinski definition) is 10. The number of hydrogen-bond donors (Lipinski definition) is 2. The Morgan fingerprint density at radius 2 is 1.57 bits per heavy atom. The van der Waals surface area contributed by atoms with E-state index in [0.717, 1.165) is 38.0 Å². The van der Waals surface area contributed by atoms with Gasteiger partial charge in [0, 0.05) is 24.2 Å². The second-order valence-corrected chi connectivity index (χ2v) is 13.8. The molecule has 0 saturated carbocycles. The summed E-state index contributed by atoms with van der Waals surface area (Å²) in [6, 6.07) is 20.5. The van der Waals surface area contributed by atoms with E-state index in [1.807, 2.05) is 30.3 Å². The maximum absolute atomic E-state index is 13.8. The van der Waals surface area contributed by atoms with Gasteiger partial charge in [0.15, 0.2) is 29.9 Å². The van der Waals surface area contributed by atoms with E-state index >= 15 is 0 Å². The lowest BCUT2D eigenvalue weighted by molar-refractivity contribution is -0.605. The molecule has 4 heterocycles. The van der Waals surface area contributed by atoms with E-state index in [0.29, 0.717) is 39.0 Å². The van der Waals surface area contributed by atoms with Crippen LogP contribution in [0.2, 0.25) is 10.0 Å². The zero-order valence-electron chi connectivity index (χ0n) is 30.1. The standard InChI is InChI=1S/C37H37Cl2N3O7.C2HF3O2/c1-46-31-12-11-25(18-33(31)47-2)32(19-28-29(38)20-42(45)21-30(28)39)48-36(43)26-9-6-10-27(17-26)40-35(24-7-4-3-5-8-24)37(44)49-34-22-41-15-13-23(34)14-16-41;3-2(4,5)1(6)7/h3-12,17-18,20-21,23,32,34-35,40H,13-16,19,22H2,1-2H3;(H,6,7)/t32-,34-,35-;/m0./s1. The molecule has 0 spiro atoms. The molecule has 0 amide bonds. The molecular weight excluding hydrogens is 782 g/mol. The number of carbonyl (C=O) groups is 3. The summed E-state index contributed by atoms with van der Waals surface area (Å²) in [6.45, 7) is 2.83. The molecule has 1 aromatic heterocycles. The summed E-state index contributed by atoms with van der Waals surface area (Å²) in [5.41, 5.74) is 2.55. The number of nitrogens with one attached hydrogen (secondary N) is 1. The molecule has 3 aliphatic rings. The van der Waals surface area contributed by atoms with Crippen LogP contribution < -0.4 is 19.5 Å². The third-order valence-electron chi connectivity index (χ3n) is 9.36. The van der Waals surface area contributed by atoms with Gasteiger partial charge in [0.2, 0.25) is 0 Å². The third kappa shape index (κ3) is 10.7. The summed E-state index contributed by atoms with van der Waals surface area (Å²) >= 11 is 12.8. The minimum Gasteiger partial charge on any atom is -0.619 e. The van der Waals surface area contributed by atoms with E-state index in [-0.39, 0.29) is 34.1 Å². The van der Waals surface area contributed by atoms with E-state index in [1.165, 1.54) is 26.6 Å². The predicted molar refractivity (Wildman–Crippen MR) is 199 cm³/mol. The van der Waals surface area contributed by atoms with Gasteiger partial charge in [-0.15, -0.1) is 0 Å². The van der Waals surface area contributed by atoms with Crippen molar-refractivity contribution in [3.05, 3.63) is 123 Å². The number of halogens is 5. The molecule has 2 N–H and O–H groups in total. The first-order valence-electron chi connectivity index (χ1n) is 17.3. The first-order chi connectivity index (χ1) is 26.7. The fraction of sp³-hybridized carbons (Fsp3) is 0.333. The van der Waals surface area contributed by atoms with Crippen molar-refractivity contribution in [3.8, 4) is 11.5 Å². The smallest absolute Gasteiger partial charge is 0.490 e.